The van der Waals surface area contributed by atoms with Gasteiger partial charge in [-0.3, -0.25) is 0 Å². The summed E-state index contributed by atoms with van der Waals surface area (Å²) in [5, 5.41) is 10.9. The van der Waals surface area contributed by atoms with E-state index in [4.69, 9.17) is 0 Å². The molecule has 2 heteroatoms. The number of piperidine rings is 1. The molecule has 0 bridgehead atoms. The van der Waals surface area contributed by atoms with Gasteiger partial charge in [-0.2, -0.15) is 0 Å². The fraction of sp³-hybridized carbons (Fsp3) is 0.571. The first kappa shape index (κ1) is 11.6. The summed E-state index contributed by atoms with van der Waals surface area (Å²) < 4.78 is 0. The van der Waals surface area contributed by atoms with Crippen LogP contribution >= 0.6 is 0 Å². The third-order valence-electron chi connectivity index (χ3n) is 4.01. The van der Waals surface area contributed by atoms with Crippen molar-refractivity contribution >= 4 is 0 Å². The Bertz CT molecular complexity index is 351. The fourth-order valence-corrected chi connectivity index (χ4v) is 2.70. The maximum absolute atomic E-state index is 10.9. The van der Waals surface area contributed by atoms with Crippen molar-refractivity contribution in [3.63, 3.8) is 0 Å². The van der Waals surface area contributed by atoms with E-state index in [-0.39, 0.29) is 5.92 Å². The highest BCUT2D eigenvalue weighted by Gasteiger charge is 2.42. The van der Waals surface area contributed by atoms with Crippen molar-refractivity contribution in [1.29, 1.82) is 0 Å². The summed E-state index contributed by atoms with van der Waals surface area (Å²) in [6.07, 6.45) is 0.814. The number of hydrogen-bond donors (Lipinski definition) is 1. The molecule has 0 aliphatic carbocycles. The third-order valence-corrected chi connectivity index (χ3v) is 4.01. The van der Waals surface area contributed by atoms with Crippen molar-refractivity contribution in [1.82, 2.24) is 4.90 Å². The Hall–Kier alpha value is -0.860. The molecule has 1 saturated heterocycles. The molecular weight excluding hydrogens is 198 g/mol. The predicted octanol–water partition coefficient (Wildman–Crippen LogP) is 2.23. The van der Waals surface area contributed by atoms with Gasteiger partial charge in [0.05, 0.1) is 5.60 Å². The number of likely N-dealkylation sites (tertiary alicyclic amines) is 1. The lowest BCUT2D eigenvalue weighted by atomic mass is 9.74. The summed E-state index contributed by atoms with van der Waals surface area (Å²) in [7, 11) is 2.13. The summed E-state index contributed by atoms with van der Waals surface area (Å²) in [6.45, 7) is 5.27. The zero-order valence-corrected chi connectivity index (χ0v) is 10.4. The maximum atomic E-state index is 10.9. The number of aliphatic hydroxyl groups is 1. The average molecular weight is 219 g/mol. The van der Waals surface area contributed by atoms with Gasteiger partial charge < -0.3 is 10.0 Å². The Balaban J connectivity index is 2.31. The normalized spacial score (nSPS) is 36.2. The van der Waals surface area contributed by atoms with E-state index in [0.717, 1.165) is 18.5 Å². The summed E-state index contributed by atoms with van der Waals surface area (Å²) in [4.78, 5) is 2.32. The van der Waals surface area contributed by atoms with Crippen LogP contribution in [0.15, 0.2) is 30.3 Å². The first-order valence-corrected chi connectivity index (χ1v) is 6.02. The number of hydrogen-bond acceptors (Lipinski definition) is 2. The Morgan fingerprint density at radius 2 is 1.88 bits per heavy atom. The molecule has 2 rings (SSSR count). The van der Waals surface area contributed by atoms with Crippen LogP contribution in [0.3, 0.4) is 0 Å². The smallest absolute Gasteiger partial charge is 0.0948 e. The van der Waals surface area contributed by atoms with E-state index in [1.807, 2.05) is 30.3 Å². The molecule has 0 unspecified atom stereocenters. The molecule has 0 saturated carbocycles. The zero-order chi connectivity index (χ0) is 11.8. The summed E-state index contributed by atoms with van der Waals surface area (Å²) in [5.41, 5.74) is 0.398. The van der Waals surface area contributed by atoms with Crippen LogP contribution in [0, 0.1) is 5.92 Å². The largest absolute Gasteiger partial charge is 0.385 e. The molecule has 2 nitrogen and oxygen atoms in total. The quantitative estimate of drug-likeness (QED) is 0.783. The molecule has 0 amide bonds. The first-order valence-electron chi connectivity index (χ1n) is 6.02. The van der Waals surface area contributed by atoms with E-state index in [1.165, 1.54) is 0 Å². The van der Waals surface area contributed by atoms with Crippen LogP contribution in [-0.4, -0.2) is 29.6 Å². The van der Waals surface area contributed by atoms with Crippen molar-refractivity contribution in [2.45, 2.75) is 31.9 Å². The van der Waals surface area contributed by atoms with Gasteiger partial charge in [0.25, 0.3) is 0 Å². The minimum absolute atomic E-state index is 0.274. The lowest BCUT2D eigenvalue weighted by molar-refractivity contribution is -0.0843. The first-order chi connectivity index (χ1) is 7.54. The Morgan fingerprint density at radius 1 is 1.25 bits per heavy atom. The molecule has 0 aromatic heterocycles. The van der Waals surface area contributed by atoms with Crippen molar-refractivity contribution < 1.29 is 5.11 Å². The number of nitrogens with zero attached hydrogens (tertiary/aromatic N) is 1. The van der Waals surface area contributed by atoms with Crippen LogP contribution < -0.4 is 0 Å². The van der Waals surface area contributed by atoms with Gasteiger partial charge in [0.2, 0.25) is 0 Å². The van der Waals surface area contributed by atoms with Crippen molar-refractivity contribution in [3.8, 4) is 0 Å². The molecular formula is C14H21NO. The van der Waals surface area contributed by atoms with Crippen LogP contribution in [0.1, 0.15) is 25.8 Å². The van der Waals surface area contributed by atoms with Crippen LogP contribution in [0.4, 0.5) is 0 Å². The standard InChI is InChI=1S/C14H21NO/c1-11-10-15(3)12(2)9-14(11,16)13-7-5-4-6-8-13/h4-8,11-12,16H,9-10H2,1-3H3/t11-,12-,14+/m1/s1. The predicted molar refractivity (Wildman–Crippen MR) is 66.2 cm³/mol. The average Bonchev–Trinajstić information content (AvgIpc) is 2.28. The Kier molecular flexibility index (Phi) is 3.04. The van der Waals surface area contributed by atoms with Crippen molar-refractivity contribution in [2.75, 3.05) is 13.6 Å². The van der Waals surface area contributed by atoms with Crippen molar-refractivity contribution in [2.24, 2.45) is 5.92 Å². The van der Waals surface area contributed by atoms with Crippen LogP contribution in [0.25, 0.3) is 0 Å². The molecule has 1 heterocycles. The molecule has 1 N–H and O–H groups in total. The molecule has 0 spiro atoms. The van der Waals surface area contributed by atoms with Crippen LogP contribution in [0.2, 0.25) is 0 Å². The van der Waals surface area contributed by atoms with E-state index in [1.54, 1.807) is 0 Å². The van der Waals surface area contributed by atoms with E-state index >= 15 is 0 Å². The molecule has 0 radical (unpaired) electrons. The van der Waals surface area contributed by atoms with Gasteiger partial charge in [0.1, 0.15) is 0 Å². The van der Waals surface area contributed by atoms with Gasteiger partial charge in [-0.15, -0.1) is 0 Å². The van der Waals surface area contributed by atoms with Gasteiger partial charge in [-0.1, -0.05) is 37.3 Å². The Labute approximate surface area is 97.9 Å². The number of rotatable bonds is 1. The van der Waals surface area contributed by atoms with Gasteiger partial charge in [-0.05, 0) is 26.0 Å². The molecule has 88 valence electrons. The Morgan fingerprint density at radius 3 is 2.50 bits per heavy atom. The molecule has 3 atom stereocenters. The minimum Gasteiger partial charge on any atom is -0.385 e. The SMILES string of the molecule is C[C@@H]1C[C@@](O)(c2ccccc2)[C@H](C)CN1C. The van der Waals surface area contributed by atoms with Gasteiger partial charge in [0, 0.05) is 18.5 Å². The highest BCUT2D eigenvalue weighted by atomic mass is 16.3. The molecule has 1 aromatic carbocycles. The number of benzene rings is 1. The van der Waals surface area contributed by atoms with Gasteiger partial charge in [0.15, 0.2) is 0 Å². The molecule has 1 aliphatic heterocycles. The lowest BCUT2D eigenvalue weighted by Gasteiger charge is -2.46. The van der Waals surface area contributed by atoms with Gasteiger partial charge >= 0.3 is 0 Å². The van der Waals surface area contributed by atoms with Crippen LogP contribution in [-0.2, 0) is 5.60 Å². The topological polar surface area (TPSA) is 23.5 Å². The van der Waals surface area contributed by atoms with E-state index in [0.29, 0.717) is 6.04 Å². The summed E-state index contributed by atoms with van der Waals surface area (Å²) in [6, 6.07) is 10.5. The fourth-order valence-electron chi connectivity index (χ4n) is 2.70. The molecule has 1 aromatic rings. The minimum atomic E-state index is -0.660. The van der Waals surface area contributed by atoms with E-state index in [9.17, 15) is 5.11 Å². The second-order valence-electron chi connectivity index (χ2n) is 5.18. The highest BCUT2D eigenvalue weighted by Crippen LogP contribution is 2.39. The second-order valence-corrected chi connectivity index (χ2v) is 5.18. The van der Waals surface area contributed by atoms with Gasteiger partial charge in [-0.25, -0.2) is 0 Å². The monoisotopic (exact) mass is 219 g/mol. The lowest BCUT2D eigenvalue weighted by Crippen LogP contribution is -2.51. The third kappa shape index (κ3) is 1.87. The molecule has 16 heavy (non-hydrogen) atoms. The maximum Gasteiger partial charge on any atom is 0.0948 e. The van der Waals surface area contributed by atoms with E-state index < -0.39 is 5.60 Å². The van der Waals surface area contributed by atoms with Crippen LogP contribution in [0.5, 0.6) is 0 Å². The molecule has 1 fully saturated rings. The summed E-state index contributed by atoms with van der Waals surface area (Å²) in [5.74, 6) is 0.274. The highest BCUT2D eigenvalue weighted by molar-refractivity contribution is 5.24. The summed E-state index contributed by atoms with van der Waals surface area (Å²) >= 11 is 0. The second kappa shape index (κ2) is 4.19. The molecule has 1 aliphatic rings. The van der Waals surface area contributed by atoms with Crippen molar-refractivity contribution in [3.05, 3.63) is 35.9 Å². The van der Waals surface area contributed by atoms with E-state index in [2.05, 4.69) is 25.8 Å². The zero-order valence-electron chi connectivity index (χ0n) is 10.4.